The highest BCUT2D eigenvalue weighted by Crippen LogP contribution is 2.25. The molecule has 1 fully saturated rings. The zero-order valence-corrected chi connectivity index (χ0v) is 22.3. The summed E-state index contributed by atoms with van der Waals surface area (Å²) in [6.07, 6.45) is 3.68. The Bertz CT molecular complexity index is 1700. The fraction of sp³-hybridized carbons (Fsp3) is 0.172. The predicted octanol–water partition coefficient (Wildman–Crippen LogP) is 4.72. The summed E-state index contributed by atoms with van der Waals surface area (Å²) in [4.78, 5) is 14.2. The second-order valence-corrected chi connectivity index (χ2v) is 11.3. The lowest BCUT2D eigenvalue weighted by molar-refractivity contribution is 0.313. The van der Waals surface area contributed by atoms with Crippen molar-refractivity contribution in [2.24, 2.45) is 0 Å². The molecule has 2 N–H and O–H groups in total. The van der Waals surface area contributed by atoms with E-state index in [2.05, 4.69) is 44.0 Å². The van der Waals surface area contributed by atoms with Crippen molar-refractivity contribution in [1.82, 2.24) is 19.4 Å². The summed E-state index contributed by atoms with van der Waals surface area (Å²) in [7, 11) is -1.54. The first kappa shape index (κ1) is 24.9. The zero-order valence-electron chi connectivity index (χ0n) is 21.5. The largest absolute Gasteiger partial charge is 0.369 e. The molecular formula is C29H29N7O2S. The third-order valence-electron chi connectivity index (χ3n) is 6.85. The molecule has 0 aliphatic carbocycles. The second-order valence-electron chi connectivity index (χ2n) is 9.59. The topological polar surface area (TPSA) is 95.4 Å². The van der Waals surface area contributed by atoms with E-state index in [4.69, 9.17) is 4.98 Å². The molecule has 1 aliphatic heterocycles. The molecule has 0 bridgehead atoms. The van der Waals surface area contributed by atoms with Crippen LogP contribution in [-0.4, -0.2) is 61.1 Å². The van der Waals surface area contributed by atoms with E-state index in [1.165, 1.54) is 5.69 Å². The van der Waals surface area contributed by atoms with Gasteiger partial charge in [0.2, 0.25) is 5.95 Å². The van der Waals surface area contributed by atoms with E-state index in [-0.39, 0.29) is 4.90 Å². The van der Waals surface area contributed by atoms with E-state index < -0.39 is 10.0 Å². The van der Waals surface area contributed by atoms with Crippen molar-refractivity contribution >= 4 is 44.1 Å². The minimum atomic E-state index is -3.70. The molecule has 2 aromatic heterocycles. The van der Waals surface area contributed by atoms with Crippen LogP contribution in [0.4, 0.5) is 23.0 Å². The molecule has 6 rings (SSSR count). The first-order chi connectivity index (χ1) is 18.9. The molecule has 0 unspecified atom stereocenters. The normalized spacial score (nSPS) is 14.4. The molecule has 39 heavy (non-hydrogen) atoms. The molecule has 0 atom stereocenters. The maximum Gasteiger partial charge on any atom is 0.261 e. The summed E-state index contributed by atoms with van der Waals surface area (Å²) in [6.45, 7) is 4.18. The Morgan fingerprint density at radius 2 is 1.56 bits per heavy atom. The Balaban J connectivity index is 1.22. The Hall–Kier alpha value is -4.41. The lowest BCUT2D eigenvalue weighted by Crippen LogP contribution is -2.44. The highest BCUT2D eigenvalue weighted by molar-refractivity contribution is 7.92. The van der Waals surface area contributed by atoms with Crippen LogP contribution in [-0.2, 0) is 10.0 Å². The number of anilines is 4. The van der Waals surface area contributed by atoms with Gasteiger partial charge in [-0.05, 0) is 67.7 Å². The smallest absolute Gasteiger partial charge is 0.261 e. The van der Waals surface area contributed by atoms with Gasteiger partial charge in [0.25, 0.3) is 10.0 Å². The van der Waals surface area contributed by atoms with Crippen molar-refractivity contribution in [3.63, 3.8) is 0 Å². The molecule has 5 aromatic rings. The lowest BCUT2D eigenvalue weighted by atomic mass is 10.2. The molecule has 198 valence electrons. The van der Waals surface area contributed by atoms with Crippen molar-refractivity contribution < 1.29 is 8.42 Å². The third kappa shape index (κ3) is 5.43. The van der Waals surface area contributed by atoms with E-state index in [0.29, 0.717) is 17.3 Å². The molecule has 0 spiro atoms. The monoisotopic (exact) mass is 539 g/mol. The number of rotatable bonds is 7. The number of sulfonamides is 1. The number of hydrogen-bond acceptors (Lipinski definition) is 7. The summed E-state index contributed by atoms with van der Waals surface area (Å²) in [6, 6.07) is 25.8. The van der Waals surface area contributed by atoms with Crippen LogP contribution >= 0.6 is 0 Å². The maximum atomic E-state index is 12.8. The first-order valence-electron chi connectivity index (χ1n) is 12.8. The summed E-state index contributed by atoms with van der Waals surface area (Å²) < 4.78 is 30.2. The van der Waals surface area contributed by atoms with Gasteiger partial charge in [-0.15, -0.1) is 0 Å². The Kier molecular flexibility index (Phi) is 6.64. The number of nitrogens with one attached hydrogen (secondary N) is 2. The molecule has 1 saturated heterocycles. The molecule has 1 aliphatic rings. The molecule has 3 aromatic carbocycles. The lowest BCUT2D eigenvalue weighted by Gasteiger charge is -2.34. The van der Waals surface area contributed by atoms with Crippen molar-refractivity contribution in [3.05, 3.63) is 97.3 Å². The van der Waals surface area contributed by atoms with Crippen LogP contribution in [0, 0.1) is 0 Å². The molecular weight excluding hydrogens is 510 g/mol. The van der Waals surface area contributed by atoms with E-state index in [1.807, 2.05) is 41.1 Å². The van der Waals surface area contributed by atoms with Gasteiger partial charge in [0.05, 0.1) is 10.6 Å². The minimum absolute atomic E-state index is 0.210. The fourth-order valence-corrected chi connectivity index (χ4v) is 5.74. The van der Waals surface area contributed by atoms with Gasteiger partial charge in [-0.3, -0.25) is 4.72 Å². The molecule has 10 heteroatoms. The summed E-state index contributed by atoms with van der Waals surface area (Å²) in [5.41, 5.74) is 4.07. The van der Waals surface area contributed by atoms with Gasteiger partial charge in [0.15, 0.2) is 0 Å². The van der Waals surface area contributed by atoms with Crippen LogP contribution in [0.15, 0.2) is 102 Å². The Morgan fingerprint density at radius 1 is 0.795 bits per heavy atom. The van der Waals surface area contributed by atoms with Gasteiger partial charge in [-0.25, -0.2) is 13.4 Å². The number of likely N-dealkylation sites (N-methyl/N-ethyl adjacent to an activating group) is 1. The second kappa shape index (κ2) is 10.4. The number of aromatic nitrogens is 3. The van der Waals surface area contributed by atoms with Gasteiger partial charge in [0, 0.05) is 61.0 Å². The predicted molar refractivity (Wildman–Crippen MR) is 156 cm³/mol. The van der Waals surface area contributed by atoms with Crippen LogP contribution in [0.5, 0.6) is 0 Å². The first-order valence-corrected chi connectivity index (χ1v) is 14.3. The third-order valence-corrected chi connectivity index (χ3v) is 8.25. The molecule has 0 amide bonds. The molecule has 9 nitrogen and oxygen atoms in total. The zero-order chi connectivity index (χ0) is 26.8. The summed E-state index contributed by atoms with van der Waals surface area (Å²) in [5.74, 6) is 0.482. The highest BCUT2D eigenvalue weighted by Gasteiger charge is 2.16. The van der Waals surface area contributed by atoms with Crippen molar-refractivity contribution in [3.8, 4) is 5.69 Å². The van der Waals surface area contributed by atoms with Crippen LogP contribution in [0.3, 0.4) is 0 Å². The molecule has 3 heterocycles. The van der Waals surface area contributed by atoms with Crippen molar-refractivity contribution in [2.45, 2.75) is 4.90 Å². The summed E-state index contributed by atoms with van der Waals surface area (Å²) >= 11 is 0. The molecule has 0 radical (unpaired) electrons. The van der Waals surface area contributed by atoms with Gasteiger partial charge in [0.1, 0.15) is 5.65 Å². The number of hydrogen-bond donors (Lipinski definition) is 2. The minimum Gasteiger partial charge on any atom is -0.369 e. The Labute approximate surface area is 227 Å². The number of benzene rings is 3. The standard InChI is InChI=1S/C29H29N7O2S/c1-34-16-18-35(19-17-34)25-12-10-23(11-13-25)31-29-30-21-22-14-15-36(28(22)32-29)26-7-5-6-24(20-26)33-39(37,38)27-8-3-2-4-9-27/h2-15,20-21,33H,16-19H2,1H3,(H,30,31,32). The van der Waals surface area contributed by atoms with E-state index in [1.54, 1.807) is 48.7 Å². The van der Waals surface area contributed by atoms with E-state index in [0.717, 1.165) is 42.9 Å². The SMILES string of the molecule is CN1CCN(c2ccc(Nc3ncc4ccn(-c5cccc(NS(=O)(=O)c6ccccc6)c5)c4n3)cc2)CC1. The average Bonchev–Trinajstić information content (AvgIpc) is 3.38. The maximum absolute atomic E-state index is 12.8. The highest BCUT2D eigenvalue weighted by atomic mass is 32.2. The van der Waals surface area contributed by atoms with Gasteiger partial charge < -0.3 is 19.7 Å². The van der Waals surface area contributed by atoms with Crippen molar-refractivity contribution in [2.75, 3.05) is 48.2 Å². The quantitative estimate of drug-likeness (QED) is 0.309. The number of fused-ring (bicyclic) bond motifs is 1. The van der Waals surface area contributed by atoms with E-state index >= 15 is 0 Å². The number of piperazine rings is 1. The average molecular weight is 540 g/mol. The van der Waals surface area contributed by atoms with Gasteiger partial charge in [-0.2, -0.15) is 4.98 Å². The van der Waals surface area contributed by atoms with Gasteiger partial charge >= 0.3 is 0 Å². The van der Waals surface area contributed by atoms with Crippen LogP contribution in [0.1, 0.15) is 0 Å². The molecule has 0 saturated carbocycles. The van der Waals surface area contributed by atoms with Crippen LogP contribution < -0.4 is 14.9 Å². The van der Waals surface area contributed by atoms with Gasteiger partial charge in [-0.1, -0.05) is 24.3 Å². The van der Waals surface area contributed by atoms with Crippen molar-refractivity contribution in [1.29, 1.82) is 0 Å². The Morgan fingerprint density at radius 3 is 2.33 bits per heavy atom. The van der Waals surface area contributed by atoms with E-state index in [9.17, 15) is 8.42 Å². The van der Waals surface area contributed by atoms with Crippen LogP contribution in [0.2, 0.25) is 0 Å². The summed E-state index contributed by atoms with van der Waals surface area (Å²) in [5, 5.41) is 4.18. The number of nitrogens with zero attached hydrogens (tertiary/aromatic N) is 5. The fourth-order valence-electron chi connectivity index (χ4n) is 4.67. The van der Waals surface area contributed by atoms with Crippen LogP contribution in [0.25, 0.3) is 16.7 Å².